The molecule has 0 spiro atoms. The van der Waals surface area contributed by atoms with Crippen LogP contribution in [0, 0.1) is 0 Å². The van der Waals surface area contributed by atoms with Crippen molar-refractivity contribution in [2.75, 3.05) is 27.2 Å². The molecule has 0 aliphatic carbocycles. The molecule has 2 amide bonds. The van der Waals surface area contributed by atoms with Crippen LogP contribution in [-0.4, -0.2) is 57.6 Å². The van der Waals surface area contributed by atoms with Gasteiger partial charge in [-0.1, -0.05) is 0 Å². The predicted molar refractivity (Wildman–Crippen MR) is 86.1 cm³/mol. The maximum Gasteiger partial charge on any atom is 0.319 e. The van der Waals surface area contributed by atoms with E-state index in [1.807, 2.05) is 22.8 Å². The van der Waals surface area contributed by atoms with Gasteiger partial charge in [0, 0.05) is 50.9 Å². The van der Waals surface area contributed by atoms with E-state index < -0.39 is 0 Å². The topological polar surface area (TPSA) is 54.3 Å². The molecule has 1 aliphatic heterocycles. The summed E-state index contributed by atoms with van der Waals surface area (Å²) in [5, 5.41) is 2.06. The van der Waals surface area contributed by atoms with Crippen molar-refractivity contribution in [3.8, 4) is 0 Å². The minimum absolute atomic E-state index is 0.0855. The fourth-order valence-corrected chi connectivity index (χ4v) is 3.50. The zero-order chi connectivity index (χ0) is 15.5. The van der Waals surface area contributed by atoms with Crippen LogP contribution >= 0.6 is 11.3 Å². The maximum atomic E-state index is 12.2. The monoisotopic (exact) mass is 319 g/mol. The van der Waals surface area contributed by atoms with Crippen molar-refractivity contribution in [1.29, 1.82) is 0 Å². The van der Waals surface area contributed by atoms with Crippen molar-refractivity contribution in [3.05, 3.63) is 34.8 Å². The first-order valence-electron chi connectivity index (χ1n) is 7.49. The average Bonchev–Trinajstić information content (AvgIpc) is 3.18. The molecule has 1 saturated heterocycles. The van der Waals surface area contributed by atoms with Crippen LogP contribution < -0.4 is 0 Å². The molecular formula is C15H21N5OS. The van der Waals surface area contributed by atoms with E-state index in [2.05, 4.69) is 19.9 Å². The van der Waals surface area contributed by atoms with E-state index in [-0.39, 0.29) is 6.03 Å². The van der Waals surface area contributed by atoms with Gasteiger partial charge < -0.3 is 14.4 Å². The van der Waals surface area contributed by atoms with Gasteiger partial charge in [0.2, 0.25) is 0 Å². The van der Waals surface area contributed by atoms with Crippen molar-refractivity contribution in [2.45, 2.75) is 25.3 Å². The summed E-state index contributed by atoms with van der Waals surface area (Å²) in [6.07, 6.45) is 5.94. The summed E-state index contributed by atoms with van der Waals surface area (Å²) in [6.45, 7) is 2.32. The molecule has 0 radical (unpaired) electrons. The van der Waals surface area contributed by atoms with Gasteiger partial charge >= 0.3 is 6.03 Å². The molecule has 1 fully saturated rings. The Morgan fingerprint density at radius 2 is 2.32 bits per heavy atom. The fraction of sp³-hybridized carbons (Fsp3) is 0.533. The Kier molecular flexibility index (Phi) is 4.42. The van der Waals surface area contributed by atoms with Gasteiger partial charge in [0.25, 0.3) is 0 Å². The van der Waals surface area contributed by atoms with Crippen LogP contribution in [0.15, 0.2) is 23.3 Å². The van der Waals surface area contributed by atoms with E-state index in [0.717, 1.165) is 44.0 Å². The van der Waals surface area contributed by atoms with E-state index in [1.165, 1.54) is 0 Å². The molecule has 7 heteroatoms. The molecule has 0 N–H and O–H groups in total. The highest BCUT2D eigenvalue weighted by Crippen LogP contribution is 2.26. The number of likely N-dealkylation sites (tertiary alicyclic amines) is 1. The number of hydrogen-bond donors (Lipinski definition) is 0. The summed E-state index contributed by atoms with van der Waals surface area (Å²) in [5.41, 5.74) is 2.91. The van der Waals surface area contributed by atoms with E-state index in [9.17, 15) is 4.79 Å². The summed E-state index contributed by atoms with van der Waals surface area (Å²) in [4.78, 5) is 24.6. The number of amides is 2. The third-order valence-electron chi connectivity index (χ3n) is 4.00. The minimum Gasteiger partial charge on any atom is -0.331 e. The van der Waals surface area contributed by atoms with Gasteiger partial charge in [0.05, 0.1) is 17.7 Å². The lowest BCUT2D eigenvalue weighted by atomic mass is 9.97. The number of rotatable bonds is 3. The zero-order valence-corrected chi connectivity index (χ0v) is 13.8. The van der Waals surface area contributed by atoms with E-state index >= 15 is 0 Å². The fourth-order valence-electron chi connectivity index (χ4n) is 2.95. The largest absolute Gasteiger partial charge is 0.331 e. The number of piperidine rings is 1. The van der Waals surface area contributed by atoms with Gasteiger partial charge in [-0.05, 0) is 12.8 Å². The standard InChI is InChI=1S/C15H21N5OS/c1-18(2)15(21)20-6-3-4-12(8-20)14-16-5-7-19(14)9-13-10-22-11-17-13/h5,7,10-12H,3-4,6,8-9H2,1-2H3/t12-/m0/s1. The highest BCUT2D eigenvalue weighted by atomic mass is 32.1. The summed E-state index contributed by atoms with van der Waals surface area (Å²) < 4.78 is 2.16. The van der Waals surface area contributed by atoms with Crippen molar-refractivity contribution in [3.63, 3.8) is 0 Å². The zero-order valence-electron chi connectivity index (χ0n) is 13.0. The summed E-state index contributed by atoms with van der Waals surface area (Å²) >= 11 is 1.61. The van der Waals surface area contributed by atoms with E-state index in [0.29, 0.717) is 5.92 Å². The van der Waals surface area contributed by atoms with E-state index in [1.54, 1.807) is 30.3 Å². The lowest BCUT2D eigenvalue weighted by molar-refractivity contribution is 0.153. The highest BCUT2D eigenvalue weighted by Gasteiger charge is 2.28. The van der Waals surface area contributed by atoms with Crippen LogP contribution in [0.25, 0.3) is 0 Å². The molecule has 118 valence electrons. The molecule has 0 bridgehead atoms. The molecule has 1 atom stereocenters. The number of carbonyl (C=O) groups excluding carboxylic acids is 1. The quantitative estimate of drug-likeness (QED) is 0.872. The molecule has 22 heavy (non-hydrogen) atoms. The third-order valence-corrected chi connectivity index (χ3v) is 4.64. The van der Waals surface area contributed by atoms with Gasteiger partial charge in [0.1, 0.15) is 5.82 Å². The van der Waals surface area contributed by atoms with Crippen molar-refractivity contribution in [2.24, 2.45) is 0 Å². The second-order valence-electron chi connectivity index (χ2n) is 5.86. The second-order valence-corrected chi connectivity index (χ2v) is 6.57. The van der Waals surface area contributed by atoms with Gasteiger partial charge in [0.15, 0.2) is 0 Å². The Hall–Kier alpha value is -1.89. The Morgan fingerprint density at radius 1 is 1.45 bits per heavy atom. The number of hydrogen-bond acceptors (Lipinski definition) is 4. The second kappa shape index (κ2) is 6.48. The van der Waals surface area contributed by atoms with Gasteiger partial charge in [-0.3, -0.25) is 0 Å². The van der Waals surface area contributed by atoms with Crippen molar-refractivity contribution in [1.82, 2.24) is 24.3 Å². The molecule has 0 aromatic carbocycles. The van der Waals surface area contributed by atoms with Crippen LogP contribution in [0.3, 0.4) is 0 Å². The number of urea groups is 1. The molecule has 1 aliphatic rings. The lowest BCUT2D eigenvalue weighted by Crippen LogP contribution is -2.44. The normalized spacial score (nSPS) is 18.5. The number of carbonyl (C=O) groups is 1. The van der Waals surface area contributed by atoms with Crippen molar-refractivity contribution >= 4 is 17.4 Å². The van der Waals surface area contributed by atoms with Gasteiger partial charge in [-0.25, -0.2) is 14.8 Å². The molecule has 3 heterocycles. The van der Waals surface area contributed by atoms with Gasteiger partial charge in [-0.2, -0.15) is 0 Å². The number of thiazole rings is 1. The van der Waals surface area contributed by atoms with Crippen molar-refractivity contribution < 1.29 is 4.79 Å². The summed E-state index contributed by atoms with van der Waals surface area (Å²) in [7, 11) is 3.60. The van der Waals surface area contributed by atoms with Crippen LogP contribution in [-0.2, 0) is 6.54 Å². The number of nitrogens with zero attached hydrogens (tertiary/aromatic N) is 5. The number of aromatic nitrogens is 3. The smallest absolute Gasteiger partial charge is 0.319 e. The molecule has 6 nitrogen and oxygen atoms in total. The number of imidazole rings is 1. The molecule has 0 saturated carbocycles. The van der Waals surface area contributed by atoms with Crippen LogP contribution in [0.4, 0.5) is 4.79 Å². The Morgan fingerprint density at radius 3 is 3.05 bits per heavy atom. The first-order chi connectivity index (χ1) is 10.6. The van der Waals surface area contributed by atoms with E-state index in [4.69, 9.17) is 0 Å². The third kappa shape index (κ3) is 3.14. The maximum absolute atomic E-state index is 12.2. The first kappa shape index (κ1) is 15.0. The SMILES string of the molecule is CN(C)C(=O)N1CCC[C@H](c2nccn2Cc2cscn2)C1. The van der Waals surface area contributed by atoms with Crippen LogP contribution in [0.2, 0.25) is 0 Å². The predicted octanol–water partition coefficient (Wildman–Crippen LogP) is 2.25. The van der Waals surface area contributed by atoms with Crippen LogP contribution in [0.5, 0.6) is 0 Å². The molecule has 0 unspecified atom stereocenters. The molecular weight excluding hydrogens is 298 g/mol. The lowest BCUT2D eigenvalue weighted by Gasteiger charge is -2.34. The van der Waals surface area contributed by atoms with Gasteiger partial charge in [-0.15, -0.1) is 11.3 Å². The Labute approximate surface area is 134 Å². The highest BCUT2D eigenvalue weighted by molar-refractivity contribution is 7.07. The Bertz CT molecular complexity index is 622. The summed E-state index contributed by atoms with van der Waals surface area (Å²) in [6, 6.07) is 0.0855. The van der Waals surface area contributed by atoms with Crippen LogP contribution in [0.1, 0.15) is 30.3 Å². The molecule has 2 aromatic rings. The first-order valence-corrected chi connectivity index (χ1v) is 8.43. The average molecular weight is 319 g/mol. The Balaban J connectivity index is 1.74. The molecule has 3 rings (SSSR count). The summed E-state index contributed by atoms with van der Waals surface area (Å²) in [5.74, 6) is 1.36. The minimum atomic E-state index is 0.0855. The molecule has 2 aromatic heterocycles.